The summed E-state index contributed by atoms with van der Waals surface area (Å²) in [6, 6.07) is 7.82. The average Bonchev–Trinajstić information content (AvgIpc) is 3.22. The number of nitrogens with one attached hydrogen (secondary N) is 3. The van der Waals surface area contributed by atoms with E-state index in [2.05, 4.69) is 37.4 Å². The summed E-state index contributed by atoms with van der Waals surface area (Å²) in [4.78, 5) is 33.6. The van der Waals surface area contributed by atoms with Crippen LogP contribution in [-0.4, -0.2) is 59.5 Å². The normalized spacial score (nSPS) is 11.2. The Bertz CT molecular complexity index is 1090. The highest BCUT2D eigenvalue weighted by atomic mass is 32.2. The van der Waals surface area contributed by atoms with E-state index < -0.39 is 0 Å². The van der Waals surface area contributed by atoms with Gasteiger partial charge in [-0.15, -0.1) is 10.7 Å². The number of aromatic amines is 1. The van der Waals surface area contributed by atoms with Crippen molar-refractivity contribution in [3.8, 4) is 11.3 Å². The second-order valence-corrected chi connectivity index (χ2v) is 8.00. The fourth-order valence-electron chi connectivity index (χ4n) is 2.63. The Balaban J connectivity index is 0.000000323. The molecule has 31 heavy (non-hydrogen) atoms. The molecule has 3 N–H and O–H groups in total. The largest absolute Gasteiger partial charge is 0.462 e. The molecule has 0 bridgehead atoms. The number of carbonyl (C=O) groups is 2. The number of nitrogens with zero attached hydrogens (tertiary/aromatic N) is 2. The molecule has 8 nitrogen and oxygen atoms in total. The second kappa shape index (κ2) is 11.8. The Kier molecular flexibility index (Phi) is 9.11. The summed E-state index contributed by atoms with van der Waals surface area (Å²) in [5.41, 5.74) is 4.21. The van der Waals surface area contributed by atoms with Crippen LogP contribution in [0.3, 0.4) is 0 Å². The zero-order valence-electron chi connectivity index (χ0n) is 17.9. The number of anilines is 1. The summed E-state index contributed by atoms with van der Waals surface area (Å²) in [6.07, 6.45) is 5.79. The van der Waals surface area contributed by atoms with Crippen molar-refractivity contribution in [1.82, 2.24) is 19.7 Å². The van der Waals surface area contributed by atoms with E-state index >= 15 is 0 Å². The van der Waals surface area contributed by atoms with Crippen LogP contribution in [0.4, 0.5) is 5.69 Å². The van der Waals surface area contributed by atoms with E-state index in [0.29, 0.717) is 41.0 Å². The van der Waals surface area contributed by atoms with Crippen molar-refractivity contribution < 1.29 is 14.3 Å². The van der Waals surface area contributed by atoms with Gasteiger partial charge >= 0.3 is 5.97 Å². The fourth-order valence-corrected chi connectivity index (χ4v) is 3.06. The van der Waals surface area contributed by atoms with Crippen molar-refractivity contribution in [2.75, 3.05) is 31.8 Å². The Hall–Kier alpha value is -3.30. The minimum absolute atomic E-state index is 0.0575. The minimum Gasteiger partial charge on any atom is -0.462 e. The lowest BCUT2D eigenvalue weighted by atomic mass is 10.1. The number of carbonyl (C=O) groups excluding carboxylic acids is 2. The molecule has 2 aromatic heterocycles. The monoisotopic (exact) mass is 441 g/mol. The molecule has 0 saturated carbocycles. The summed E-state index contributed by atoms with van der Waals surface area (Å²) in [5, 5.41) is 3.77. The highest BCUT2D eigenvalue weighted by Crippen LogP contribution is 2.29. The maximum atomic E-state index is 12.1. The molecule has 0 aliphatic heterocycles. The Morgan fingerprint density at radius 3 is 2.77 bits per heavy atom. The van der Waals surface area contributed by atoms with Gasteiger partial charge in [0.15, 0.2) is 0 Å². The second-order valence-electron chi connectivity index (χ2n) is 6.43. The molecule has 0 radical (unpaired) electrons. The molecule has 2 heterocycles. The van der Waals surface area contributed by atoms with Gasteiger partial charge in [0.1, 0.15) is 18.3 Å². The molecule has 9 heteroatoms. The quantitative estimate of drug-likeness (QED) is 0.213. The molecule has 1 aromatic carbocycles. The Morgan fingerprint density at radius 1 is 1.35 bits per heavy atom. The number of H-pyrrole nitrogens is 1. The summed E-state index contributed by atoms with van der Waals surface area (Å²) >= 11 is 0. The van der Waals surface area contributed by atoms with E-state index in [1.807, 2.05) is 37.6 Å². The lowest BCUT2D eigenvalue weighted by Crippen LogP contribution is -2.09. The van der Waals surface area contributed by atoms with Gasteiger partial charge in [-0.3, -0.25) is 9.52 Å². The number of ether oxygens (including phenoxy) is 1. The van der Waals surface area contributed by atoms with E-state index in [1.54, 1.807) is 13.1 Å². The third-order valence-electron chi connectivity index (χ3n) is 4.10. The summed E-state index contributed by atoms with van der Waals surface area (Å²) in [7, 11) is 1.80. The van der Waals surface area contributed by atoms with Gasteiger partial charge in [0.2, 0.25) is 0 Å². The number of aldehydes is 1. The van der Waals surface area contributed by atoms with Crippen LogP contribution in [0.15, 0.2) is 48.9 Å². The SMILES string of the molecule is C=C(C=O)CNS(=C)C.CCOC(=O)c1c[nH]c2ncnc(-c3cccc(NC)c3)c12. The molecule has 3 rings (SSSR count). The molecule has 3 aromatic rings. The topological polar surface area (TPSA) is 109 Å². The van der Waals surface area contributed by atoms with Gasteiger partial charge in [-0.25, -0.2) is 14.8 Å². The van der Waals surface area contributed by atoms with Crippen LogP contribution in [0.5, 0.6) is 0 Å². The molecule has 0 fully saturated rings. The highest BCUT2D eigenvalue weighted by molar-refractivity contribution is 8.11. The van der Waals surface area contributed by atoms with Crippen LogP contribution < -0.4 is 10.0 Å². The molecular formula is C22H27N5O3S. The number of rotatable bonds is 8. The third kappa shape index (κ3) is 6.59. The van der Waals surface area contributed by atoms with E-state index in [1.165, 1.54) is 6.33 Å². The Morgan fingerprint density at radius 2 is 2.13 bits per heavy atom. The van der Waals surface area contributed by atoms with E-state index in [-0.39, 0.29) is 16.6 Å². The predicted octanol–water partition coefficient (Wildman–Crippen LogP) is 3.42. The number of esters is 1. The molecule has 1 unspecified atom stereocenters. The van der Waals surface area contributed by atoms with Gasteiger partial charge < -0.3 is 15.0 Å². The standard InChI is InChI=1S/C16H16N4O2.C6H11NOS/c1-3-22-16(21)12-8-18-15-13(12)14(19-9-20-15)10-5-4-6-11(7-10)17-2;1-6(5-8)4-7-9(2)3/h4-9,17H,3H2,1-2H3,(H,18,19,20);5,7H,1-2,4H2,3H3. The molecule has 164 valence electrons. The van der Waals surface area contributed by atoms with Gasteiger partial charge in [0.25, 0.3) is 0 Å². The maximum absolute atomic E-state index is 12.1. The highest BCUT2D eigenvalue weighted by Gasteiger charge is 2.18. The van der Waals surface area contributed by atoms with E-state index in [0.717, 1.165) is 17.5 Å². The van der Waals surface area contributed by atoms with Crippen LogP contribution in [0, 0.1) is 0 Å². The van der Waals surface area contributed by atoms with Crippen LogP contribution in [0.25, 0.3) is 22.3 Å². The van der Waals surface area contributed by atoms with Crippen LogP contribution in [0.2, 0.25) is 0 Å². The summed E-state index contributed by atoms with van der Waals surface area (Å²) in [5.74, 6) is 3.32. The number of hydrogen-bond donors (Lipinski definition) is 3. The van der Waals surface area contributed by atoms with E-state index in [4.69, 9.17) is 4.74 Å². The number of fused-ring (bicyclic) bond motifs is 1. The first-order chi connectivity index (χ1) is 14.9. The van der Waals surface area contributed by atoms with Crippen molar-refractivity contribution in [3.63, 3.8) is 0 Å². The summed E-state index contributed by atoms with van der Waals surface area (Å²) < 4.78 is 8.09. The lowest BCUT2D eigenvalue weighted by molar-refractivity contribution is -0.104. The molecule has 0 aliphatic carbocycles. The van der Waals surface area contributed by atoms with Crippen molar-refractivity contribution in [3.05, 3.63) is 54.5 Å². The summed E-state index contributed by atoms with van der Waals surface area (Å²) in [6.45, 7) is 6.14. The average molecular weight is 442 g/mol. The zero-order valence-corrected chi connectivity index (χ0v) is 18.7. The Labute approximate surface area is 184 Å². The molecular weight excluding hydrogens is 414 g/mol. The third-order valence-corrected chi connectivity index (χ3v) is 4.74. The van der Waals surface area contributed by atoms with Crippen LogP contribution >= 0.6 is 10.7 Å². The van der Waals surface area contributed by atoms with Gasteiger partial charge in [-0.1, -0.05) is 24.6 Å². The predicted molar refractivity (Wildman–Crippen MR) is 129 cm³/mol. The van der Waals surface area contributed by atoms with Gasteiger partial charge in [-0.2, -0.15) is 0 Å². The van der Waals surface area contributed by atoms with Gasteiger partial charge in [0, 0.05) is 31.0 Å². The van der Waals surface area contributed by atoms with Crippen molar-refractivity contribution in [2.45, 2.75) is 6.92 Å². The van der Waals surface area contributed by atoms with Gasteiger partial charge in [-0.05, 0) is 30.9 Å². The number of aromatic nitrogens is 3. The minimum atomic E-state index is -0.380. The first-order valence-corrected chi connectivity index (χ1v) is 11.3. The number of hydrogen-bond acceptors (Lipinski definition) is 7. The molecule has 0 amide bonds. The van der Waals surface area contributed by atoms with Crippen LogP contribution in [0.1, 0.15) is 17.3 Å². The first-order valence-electron chi connectivity index (χ1n) is 9.50. The van der Waals surface area contributed by atoms with Crippen LogP contribution in [-0.2, 0) is 9.53 Å². The smallest absolute Gasteiger partial charge is 0.340 e. The van der Waals surface area contributed by atoms with E-state index in [9.17, 15) is 9.59 Å². The van der Waals surface area contributed by atoms with Crippen molar-refractivity contribution >= 4 is 45.5 Å². The van der Waals surface area contributed by atoms with Crippen molar-refractivity contribution in [2.24, 2.45) is 0 Å². The molecule has 0 spiro atoms. The number of benzene rings is 1. The zero-order chi connectivity index (χ0) is 22.8. The van der Waals surface area contributed by atoms with Crippen molar-refractivity contribution in [1.29, 1.82) is 0 Å². The fraction of sp³-hybridized carbons (Fsp3) is 0.227. The maximum Gasteiger partial charge on any atom is 0.340 e. The first kappa shape index (κ1) is 24.0. The molecule has 0 saturated heterocycles. The lowest BCUT2D eigenvalue weighted by Gasteiger charge is -2.07. The molecule has 1 atom stereocenters. The molecule has 0 aliphatic rings. The van der Waals surface area contributed by atoms with Gasteiger partial charge in [0.05, 0.1) is 23.3 Å².